The van der Waals surface area contributed by atoms with Gasteiger partial charge in [-0.15, -0.1) is 11.3 Å². The van der Waals surface area contributed by atoms with E-state index in [4.69, 9.17) is 0 Å². The number of nitrogens with one attached hydrogen (secondary N) is 2. The Labute approximate surface area is 140 Å². The molecule has 118 valence electrons. The van der Waals surface area contributed by atoms with Crippen LogP contribution in [0, 0.1) is 5.92 Å². The molecule has 0 amide bonds. The fourth-order valence-corrected chi connectivity index (χ4v) is 4.02. The largest absolute Gasteiger partial charge is 0.352 e. The zero-order valence-electron chi connectivity index (χ0n) is 13.2. The van der Waals surface area contributed by atoms with Gasteiger partial charge in [-0.2, -0.15) is 0 Å². The zero-order chi connectivity index (χ0) is 15.4. The lowest BCUT2D eigenvalue weighted by atomic mass is 10.1. The Kier molecular flexibility index (Phi) is 6.08. The van der Waals surface area contributed by atoms with Crippen molar-refractivity contribution >= 4 is 33.2 Å². The van der Waals surface area contributed by atoms with E-state index in [9.17, 15) is 0 Å². The van der Waals surface area contributed by atoms with Crippen LogP contribution in [0.4, 0.5) is 0 Å². The van der Waals surface area contributed by atoms with Gasteiger partial charge in [-0.3, -0.25) is 9.89 Å². The van der Waals surface area contributed by atoms with Crippen LogP contribution >= 0.6 is 27.3 Å². The number of rotatable bonds is 4. The third-order valence-electron chi connectivity index (χ3n) is 3.98. The Morgan fingerprint density at radius 3 is 2.76 bits per heavy atom. The van der Waals surface area contributed by atoms with Crippen molar-refractivity contribution in [1.29, 1.82) is 0 Å². The first kappa shape index (κ1) is 16.8. The fourth-order valence-electron chi connectivity index (χ4n) is 2.60. The van der Waals surface area contributed by atoms with E-state index in [1.807, 2.05) is 7.05 Å². The van der Waals surface area contributed by atoms with Crippen LogP contribution in [-0.4, -0.2) is 43.1 Å². The van der Waals surface area contributed by atoms with E-state index in [0.29, 0.717) is 18.0 Å². The molecule has 2 N–H and O–H groups in total. The summed E-state index contributed by atoms with van der Waals surface area (Å²) in [5, 5.41) is 6.97. The minimum absolute atomic E-state index is 0.466. The lowest BCUT2D eigenvalue weighted by molar-refractivity contribution is 0.265. The first-order chi connectivity index (χ1) is 9.99. The average molecular weight is 373 g/mol. The number of guanidine groups is 1. The van der Waals surface area contributed by atoms with Gasteiger partial charge >= 0.3 is 0 Å². The molecule has 1 aromatic rings. The second-order valence-electron chi connectivity index (χ2n) is 5.91. The highest BCUT2D eigenvalue weighted by Crippen LogP contribution is 2.22. The molecule has 1 fully saturated rings. The molecular formula is C15H25BrN4S. The predicted octanol–water partition coefficient (Wildman–Crippen LogP) is 2.90. The van der Waals surface area contributed by atoms with Crippen molar-refractivity contribution in [2.45, 2.75) is 39.4 Å². The highest BCUT2D eigenvalue weighted by Gasteiger charge is 2.31. The molecule has 1 aromatic heterocycles. The van der Waals surface area contributed by atoms with Gasteiger partial charge in [0.15, 0.2) is 5.96 Å². The molecule has 2 heterocycles. The van der Waals surface area contributed by atoms with Crippen LogP contribution in [0.5, 0.6) is 0 Å². The van der Waals surface area contributed by atoms with Crippen LogP contribution in [0.1, 0.15) is 25.6 Å². The Morgan fingerprint density at radius 2 is 2.24 bits per heavy atom. The first-order valence-electron chi connectivity index (χ1n) is 7.45. The number of thiophene rings is 1. The van der Waals surface area contributed by atoms with Gasteiger partial charge in [0.25, 0.3) is 0 Å². The van der Waals surface area contributed by atoms with Crippen LogP contribution in [0.15, 0.2) is 20.9 Å². The van der Waals surface area contributed by atoms with Crippen molar-refractivity contribution in [2.75, 3.05) is 20.1 Å². The quantitative estimate of drug-likeness (QED) is 0.630. The number of halogens is 1. The third-order valence-corrected chi connectivity index (χ3v) is 5.60. The molecule has 4 nitrogen and oxygen atoms in total. The molecule has 1 saturated heterocycles. The fraction of sp³-hybridized carbons (Fsp3) is 0.667. The van der Waals surface area contributed by atoms with E-state index in [1.54, 1.807) is 11.3 Å². The molecule has 21 heavy (non-hydrogen) atoms. The average Bonchev–Trinajstić information content (AvgIpc) is 3.01. The molecule has 0 saturated carbocycles. The van der Waals surface area contributed by atoms with Crippen molar-refractivity contribution in [3.8, 4) is 0 Å². The molecule has 0 aromatic carbocycles. The predicted molar refractivity (Wildman–Crippen MR) is 95.0 cm³/mol. The van der Waals surface area contributed by atoms with Crippen LogP contribution in [0.3, 0.4) is 0 Å². The molecule has 0 bridgehead atoms. The normalized spacial score (nSPS) is 23.8. The highest BCUT2D eigenvalue weighted by atomic mass is 79.9. The van der Waals surface area contributed by atoms with Crippen molar-refractivity contribution in [3.63, 3.8) is 0 Å². The molecule has 2 unspecified atom stereocenters. The Balaban J connectivity index is 1.85. The van der Waals surface area contributed by atoms with Gasteiger partial charge in [0.2, 0.25) is 0 Å². The molecule has 0 aliphatic carbocycles. The van der Waals surface area contributed by atoms with E-state index in [1.165, 1.54) is 8.66 Å². The third kappa shape index (κ3) is 4.69. The van der Waals surface area contributed by atoms with Gasteiger partial charge in [0, 0.05) is 37.1 Å². The summed E-state index contributed by atoms with van der Waals surface area (Å²) < 4.78 is 1.17. The van der Waals surface area contributed by atoms with Crippen molar-refractivity contribution < 1.29 is 0 Å². The monoisotopic (exact) mass is 372 g/mol. The number of hydrogen-bond donors (Lipinski definition) is 2. The van der Waals surface area contributed by atoms with E-state index in [0.717, 1.165) is 25.6 Å². The smallest absolute Gasteiger partial charge is 0.191 e. The van der Waals surface area contributed by atoms with Gasteiger partial charge in [-0.25, -0.2) is 0 Å². The number of likely N-dealkylation sites (tertiary alicyclic amines) is 1. The Bertz CT molecular complexity index is 486. The van der Waals surface area contributed by atoms with Crippen LogP contribution in [0.25, 0.3) is 0 Å². The van der Waals surface area contributed by atoms with Crippen molar-refractivity contribution in [1.82, 2.24) is 15.5 Å². The van der Waals surface area contributed by atoms with E-state index in [-0.39, 0.29) is 0 Å². The molecule has 1 aliphatic heterocycles. The summed E-state index contributed by atoms with van der Waals surface area (Å²) in [5.74, 6) is 1.53. The van der Waals surface area contributed by atoms with Gasteiger partial charge in [0.1, 0.15) is 0 Å². The molecule has 0 radical (unpaired) electrons. The molecule has 1 aliphatic rings. The van der Waals surface area contributed by atoms with E-state index < -0.39 is 0 Å². The first-order valence-corrected chi connectivity index (χ1v) is 9.06. The lowest BCUT2D eigenvalue weighted by Crippen LogP contribution is -2.46. The molecule has 6 heteroatoms. The standard InChI is InChI=1S/C15H25BrN4S/c1-10(2)20-8-11(3)13(9-20)19-15(17-4)18-7-12-5-6-14(16)21-12/h5-6,10-11,13H,7-9H2,1-4H3,(H2,17,18,19). The summed E-state index contributed by atoms with van der Waals surface area (Å²) >= 11 is 5.25. The molecule has 2 rings (SSSR count). The maximum atomic E-state index is 4.35. The second kappa shape index (κ2) is 7.61. The number of nitrogens with zero attached hydrogens (tertiary/aromatic N) is 2. The van der Waals surface area contributed by atoms with Crippen LogP contribution < -0.4 is 10.6 Å². The molecular weight excluding hydrogens is 348 g/mol. The summed E-state index contributed by atoms with van der Waals surface area (Å²) in [7, 11) is 1.83. The van der Waals surface area contributed by atoms with E-state index >= 15 is 0 Å². The van der Waals surface area contributed by atoms with Gasteiger partial charge in [-0.05, 0) is 47.8 Å². The van der Waals surface area contributed by atoms with Crippen molar-refractivity contribution in [3.05, 3.63) is 20.8 Å². The minimum Gasteiger partial charge on any atom is -0.352 e. The van der Waals surface area contributed by atoms with Gasteiger partial charge in [0.05, 0.1) is 10.3 Å². The van der Waals surface area contributed by atoms with Crippen LogP contribution in [0.2, 0.25) is 0 Å². The SMILES string of the molecule is CN=C(NCc1ccc(Br)s1)NC1CN(C(C)C)CC1C. The summed E-state index contributed by atoms with van der Waals surface area (Å²) in [4.78, 5) is 8.17. The maximum Gasteiger partial charge on any atom is 0.191 e. The number of hydrogen-bond acceptors (Lipinski definition) is 3. The zero-order valence-corrected chi connectivity index (χ0v) is 15.6. The highest BCUT2D eigenvalue weighted by molar-refractivity contribution is 9.11. The van der Waals surface area contributed by atoms with Gasteiger partial charge < -0.3 is 10.6 Å². The summed E-state index contributed by atoms with van der Waals surface area (Å²) in [5.41, 5.74) is 0. The summed E-state index contributed by atoms with van der Waals surface area (Å²) in [6.45, 7) is 9.89. The summed E-state index contributed by atoms with van der Waals surface area (Å²) in [6.07, 6.45) is 0. The van der Waals surface area contributed by atoms with Gasteiger partial charge in [-0.1, -0.05) is 6.92 Å². The second-order valence-corrected chi connectivity index (χ2v) is 8.45. The van der Waals surface area contributed by atoms with Crippen molar-refractivity contribution in [2.24, 2.45) is 10.9 Å². The lowest BCUT2D eigenvalue weighted by Gasteiger charge is -2.21. The summed E-state index contributed by atoms with van der Waals surface area (Å²) in [6, 6.07) is 5.29. The van der Waals surface area contributed by atoms with E-state index in [2.05, 4.69) is 69.4 Å². The van der Waals surface area contributed by atoms with Crippen LogP contribution in [-0.2, 0) is 6.54 Å². The Hall–Kier alpha value is -0.590. The Morgan fingerprint density at radius 1 is 1.48 bits per heavy atom. The minimum atomic E-state index is 0.466. The molecule has 0 spiro atoms. The topological polar surface area (TPSA) is 39.7 Å². The number of aliphatic imine (C=N–C) groups is 1. The maximum absolute atomic E-state index is 4.35. The molecule has 2 atom stereocenters.